The minimum atomic E-state index is -2.40. The topological polar surface area (TPSA) is 212 Å². The normalized spacial score (nSPS) is 29.9. The number of benzene rings is 2. The van der Waals surface area contributed by atoms with Gasteiger partial charge in [-0.15, -0.1) is 0 Å². The zero-order chi connectivity index (χ0) is 33.5. The van der Waals surface area contributed by atoms with E-state index < -0.39 is 99.5 Å². The number of carbonyl (C=O) groups is 5. The van der Waals surface area contributed by atoms with Crippen molar-refractivity contribution in [2.75, 3.05) is 14.2 Å². The Kier molecular flexibility index (Phi) is 7.04. The van der Waals surface area contributed by atoms with Gasteiger partial charge in [-0.3, -0.25) is 14.4 Å². The molecule has 2 aromatic rings. The second kappa shape index (κ2) is 10.5. The average Bonchev–Trinajstić information content (AvgIpc) is 3.36. The first kappa shape index (κ1) is 30.9. The monoisotopic (exact) mass is 638 g/mol. The van der Waals surface area contributed by atoms with E-state index in [1.807, 2.05) is 0 Å². The minimum absolute atomic E-state index is 0.00728. The third-order valence-corrected chi connectivity index (χ3v) is 9.16. The molecule has 4 N–H and O–H groups in total. The first-order valence-corrected chi connectivity index (χ1v) is 14.4. The summed E-state index contributed by atoms with van der Waals surface area (Å²) in [5.74, 6) is -7.99. The third kappa shape index (κ3) is 4.02. The number of carbonyl (C=O) groups excluding carboxylic acids is 5. The molecule has 6 rings (SSSR count). The molecule has 242 valence electrons. The van der Waals surface area contributed by atoms with Crippen LogP contribution in [0.3, 0.4) is 0 Å². The molecule has 1 saturated heterocycles. The molecular formula is C32H30O14. The molecule has 3 aliphatic heterocycles. The van der Waals surface area contributed by atoms with Crippen molar-refractivity contribution in [2.45, 2.75) is 56.5 Å². The Labute approximate surface area is 261 Å². The van der Waals surface area contributed by atoms with Crippen molar-refractivity contribution < 1.29 is 68.1 Å². The number of methoxy groups -OCH3 is 2. The molecule has 0 aromatic heterocycles. The van der Waals surface area contributed by atoms with Crippen LogP contribution >= 0.6 is 0 Å². The van der Waals surface area contributed by atoms with Crippen molar-refractivity contribution in [3.05, 3.63) is 41.0 Å². The van der Waals surface area contributed by atoms with Gasteiger partial charge in [-0.2, -0.15) is 0 Å². The molecule has 0 unspecified atom stereocenters. The number of fused-ring (bicyclic) bond motifs is 3. The third-order valence-electron chi connectivity index (χ3n) is 9.16. The first-order chi connectivity index (χ1) is 21.7. The SMILES string of the molecule is COC(=O)[C@]12Oc3ccc(-c4ccc5c(c4O)C(=O)C[C@@](C(=O)OC)([C@H]4OC(=O)C[C@@H]4C)O5)c(O)c3C(O)=C1C(=O)C[C@@H](C)[C@@H]2O. The van der Waals surface area contributed by atoms with Crippen molar-refractivity contribution in [3.8, 4) is 34.1 Å². The standard InChI is InChI=1S/C32H30O14/c1-12-9-16(33)23-26(38)22-19(46-32(23,27(12)39)30(41)43-4)8-6-15(25(22)37)14-5-7-18-21(24(14)36)17(34)11-31(45-18,29(40)42-3)28-13(2)10-20(35)44-28/h5-8,12-13,27-28,36-39H,9-11H2,1-4H3/t12-,13+,27+,28+,31+,32+/m1/s1. The van der Waals surface area contributed by atoms with Crippen LogP contribution in [0.1, 0.15) is 49.0 Å². The second-order valence-electron chi connectivity index (χ2n) is 11.9. The summed E-state index contributed by atoms with van der Waals surface area (Å²) in [6.45, 7) is 3.19. The van der Waals surface area contributed by atoms with E-state index in [0.717, 1.165) is 14.2 Å². The molecule has 2 fully saturated rings. The fourth-order valence-corrected chi connectivity index (χ4v) is 7.00. The number of hydrogen-bond acceptors (Lipinski definition) is 14. The summed E-state index contributed by atoms with van der Waals surface area (Å²) < 4.78 is 27.1. The lowest BCUT2D eigenvalue weighted by Gasteiger charge is -2.45. The van der Waals surface area contributed by atoms with Gasteiger partial charge in [0, 0.05) is 23.5 Å². The van der Waals surface area contributed by atoms with Crippen molar-refractivity contribution in [1.82, 2.24) is 0 Å². The lowest BCUT2D eigenvalue weighted by atomic mass is 9.69. The lowest BCUT2D eigenvalue weighted by Crippen LogP contribution is -2.64. The summed E-state index contributed by atoms with van der Waals surface area (Å²) in [5.41, 5.74) is -5.95. The Hall–Kier alpha value is -5.11. The van der Waals surface area contributed by atoms with Crippen LogP contribution in [-0.2, 0) is 33.4 Å². The van der Waals surface area contributed by atoms with Gasteiger partial charge >= 0.3 is 17.9 Å². The van der Waals surface area contributed by atoms with Crippen LogP contribution in [0.5, 0.6) is 23.0 Å². The average molecular weight is 639 g/mol. The smallest absolute Gasteiger partial charge is 0.358 e. The Morgan fingerprint density at radius 3 is 1.96 bits per heavy atom. The van der Waals surface area contributed by atoms with Crippen LogP contribution in [0.4, 0.5) is 0 Å². The van der Waals surface area contributed by atoms with Crippen LogP contribution in [0.15, 0.2) is 29.8 Å². The van der Waals surface area contributed by atoms with Crippen LogP contribution in [0.25, 0.3) is 16.9 Å². The minimum Gasteiger partial charge on any atom is -0.506 e. The maximum absolute atomic E-state index is 13.6. The summed E-state index contributed by atoms with van der Waals surface area (Å²) in [6.07, 6.45) is -3.62. The van der Waals surface area contributed by atoms with E-state index in [-0.39, 0.29) is 41.0 Å². The largest absolute Gasteiger partial charge is 0.506 e. The molecule has 0 spiro atoms. The van der Waals surface area contributed by atoms with Crippen LogP contribution in [-0.4, -0.2) is 87.5 Å². The molecule has 0 bridgehead atoms. The van der Waals surface area contributed by atoms with E-state index in [1.54, 1.807) is 6.92 Å². The molecule has 0 radical (unpaired) electrons. The summed E-state index contributed by atoms with van der Waals surface area (Å²) in [6, 6.07) is 5.07. The summed E-state index contributed by atoms with van der Waals surface area (Å²) in [7, 11) is 2.13. The van der Waals surface area contributed by atoms with Gasteiger partial charge < -0.3 is 44.1 Å². The molecule has 2 aromatic carbocycles. The van der Waals surface area contributed by atoms with E-state index in [0.29, 0.717) is 0 Å². The number of aliphatic hydroxyl groups excluding tert-OH is 2. The number of phenolic OH excluding ortho intramolecular Hbond substituents is 2. The van der Waals surface area contributed by atoms with Gasteiger partial charge in [-0.05, 0) is 30.2 Å². The molecule has 3 heterocycles. The summed E-state index contributed by atoms with van der Waals surface area (Å²) in [4.78, 5) is 64.8. The predicted octanol–water partition coefficient (Wildman–Crippen LogP) is 2.14. The van der Waals surface area contributed by atoms with Crippen molar-refractivity contribution in [1.29, 1.82) is 0 Å². The molecule has 14 nitrogen and oxygen atoms in total. The highest BCUT2D eigenvalue weighted by atomic mass is 16.6. The Morgan fingerprint density at radius 2 is 1.39 bits per heavy atom. The Balaban J connectivity index is 1.47. The zero-order valence-corrected chi connectivity index (χ0v) is 25.1. The van der Waals surface area contributed by atoms with Gasteiger partial charge in [0.15, 0.2) is 17.7 Å². The van der Waals surface area contributed by atoms with Crippen LogP contribution in [0.2, 0.25) is 0 Å². The van der Waals surface area contributed by atoms with Crippen molar-refractivity contribution in [3.63, 3.8) is 0 Å². The molecule has 6 atom stereocenters. The number of Topliss-reactive ketones (excluding diaryl/α,β-unsaturated/α-hetero) is 2. The summed E-state index contributed by atoms with van der Waals surface area (Å²) in [5, 5.41) is 45.1. The fourth-order valence-electron chi connectivity index (χ4n) is 7.00. The zero-order valence-electron chi connectivity index (χ0n) is 25.1. The van der Waals surface area contributed by atoms with E-state index in [1.165, 1.54) is 31.2 Å². The van der Waals surface area contributed by atoms with Gasteiger partial charge in [0.05, 0.1) is 32.6 Å². The second-order valence-corrected chi connectivity index (χ2v) is 11.9. The van der Waals surface area contributed by atoms with E-state index in [2.05, 4.69) is 0 Å². The highest BCUT2D eigenvalue weighted by Gasteiger charge is 2.63. The number of aromatic hydroxyl groups is 2. The molecular weight excluding hydrogens is 608 g/mol. The molecule has 14 heteroatoms. The fraction of sp³-hybridized carbons (Fsp3) is 0.406. The molecule has 4 aliphatic rings. The van der Waals surface area contributed by atoms with E-state index >= 15 is 0 Å². The number of hydrogen-bond donors (Lipinski definition) is 4. The number of rotatable bonds is 4. The number of ether oxygens (including phenoxy) is 5. The van der Waals surface area contributed by atoms with Gasteiger partial charge in [0.2, 0.25) is 5.60 Å². The highest BCUT2D eigenvalue weighted by Crippen LogP contribution is 2.54. The maximum Gasteiger partial charge on any atom is 0.358 e. The molecule has 1 aliphatic carbocycles. The maximum atomic E-state index is 13.6. The summed E-state index contributed by atoms with van der Waals surface area (Å²) >= 11 is 0. The Bertz CT molecular complexity index is 1770. The van der Waals surface area contributed by atoms with Gasteiger partial charge in [0.25, 0.3) is 5.60 Å². The Morgan fingerprint density at radius 1 is 0.804 bits per heavy atom. The predicted molar refractivity (Wildman–Crippen MR) is 153 cm³/mol. The number of aliphatic hydroxyl groups is 2. The van der Waals surface area contributed by atoms with E-state index in [9.17, 15) is 44.4 Å². The first-order valence-electron chi connectivity index (χ1n) is 14.4. The highest BCUT2D eigenvalue weighted by molar-refractivity contribution is 6.13. The number of esters is 3. The lowest BCUT2D eigenvalue weighted by molar-refractivity contribution is -0.177. The van der Waals surface area contributed by atoms with Gasteiger partial charge in [-0.1, -0.05) is 13.8 Å². The van der Waals surface area contributed by atoms with Crippen LogP contribution in [0, 0.1) is 11.8 Å². The number of ketones is 2. The number of cyclic esters (lactones) is 1. The van der Waals surface area contributed by atoms with Crippen LogP contribution < -0.4 is 9.47 Å². The quantitative estimate of drug-likeness (QED) is 0.279. The van der Waals surface area contributed by atoms with Gasteiger partial charge in [-0.25, -0.2) is 9.59 Å². The van der Waals surface area contributed by atoms with E-state index in [4.69, 9.17) is 23.7 Å². The number of phenols is 2. The van der Waals surface area contributed by atoms with Crippen molar-refractivity contribution in [2.24, 2.45) is 11.8 Å². The van der Waals surface area contributed by atoms with Crippen molar-refractivity contribution >= 4 is 35.2 Å². The molecule has 1 saturated carbocycles. The molecule has 0 amide bonds. The van der Waals surface area contributed by atoms with Gasteiger partial charge in [0.1, 0.15) is 46.0 Å². The molecule has 46 heavy (non-hydrogen) atoms.